The average Bonchev–Trinajstić information content (AvgIpc) is 2.66. The van der Waals surface area contributed by atoms with Gasteiger partial charge in [0.1, 0.15) is 5.60 Å². The van der Waals surface area contributed by atoms with E-state index in [-0.39, 0.29) is 12.3 Å². The molecule has 2 aromatic rings. The summed E-state index contributed by atoms with van der Waals surface area (Å²) in [4.78, 5) is 17.1. The molecule has 1 fully saturated rings. The number of aromatic nitrogens is 1. The second kappa shape index (κ2) is 7.13. The standard InChI is InChI=1S/C19H17Cl2N3O3/c1-26-18-3-2-16-19(27-18,12-4-6-22-7-5-12)11-17(25)24(23-16)15-9-13(20)8-14(21)10-15/h2,4-10,18,23H,3,11H2,1H3/t18-,19+/m0/s1. The van der Waals surface area contributed by atoms with Gasteiger partial charge in [-0.15, -0.1) is 0 Å². The smallest absolute Gasteiger partial charge is 0.249 e. The molecule has 140 valence electrons. The molecule has 1 N–H and O–H groups in total. The number of rotatable bonds is 3. The molecule has 0 unspecified atom stereocenters. The number of hydrazine groups is 1. The van der Waals surface area contributed by atoms with Crippen LogP contribution in [-0.4, -0.2) is 24.3 Å². The second-order valence-electron chi connectivity index (χ2n) is 6.34. The lowest BCUT2D eigenvalue weighted by molar-refractivity contribution is -0.204. The Morgan fingerprint density at radius 3 is 2.63 bits per heavy atom. The van der Waals surface area contributed by atoms with E-state index in [1.807, 2.05) is 18.2 Å². The third-order valence-electron chi connectivity index (χ3n) is 4.68. The van der Waals surface area contributed by atoms with E-state index in [9.17, 15) is 4.79 Å². The van der Waals surface area contributed by atoms with Gasteiger partial charge in [-0.1, -0.05) is 29.3 Å². The number of hydrogen-bond donors (Lipinski definition) is 1. The van der Waals surface area contributed by atoms with Gasteiger partial charge in [0.25, 0.3) is 0 Å². The van der Waals surface area contributed by atoms with E-state index in [1.165, 1.54) is 5.01 Å². The van der Waals surface area contributed by atoms with Crippen molar-refractivity contribution < 1.29 is 14.3 Å². The lowest BCUT2D eigenvalue weighted by Crippen LogP contribution is -2.58. The largest absolute Gasteiger partial charge is 0.356 e. The molecule has 1 amide bonds. The summed E-state index contributed by atoms with van der Waals surface area (Å²) in [6.45, 7) is 0. The fourth-order valence-electron chi connectivity index (χ4n) is 3.43. The molecule has 0 radical (unpaired) electrons. The number of ether oxygens (including phenoxy) is 2. The third-order valence-corrected chi connectivity index (χ3v) is 5.12. The maximum Gasteiger partial charge on any atom is 0.249 e. The molecule has 2 aliphatic heterocycles. The van der Waals surface area contributed by atoms with Crippen molar-refractivity contribution in [2.45, 2.75) is 24.7 Å². The van der Waals surface area contributed by atoms with Gasteiger partial charge in [-0.2, -0.15) is 0 Å². The van der Waals surface area contributed by atoms with Gasteiger partial charge >= 0.3 is 0 Å². The van der Waals surface area contributed by atoms with E-state index in [0.717, 1.165) is 11.3 Å². The summed E-state index contributed by atoms with van der Waals surface area (Å²) >= 11 is 12.2. The van der Waals surface area contributed by atoms with Crippen molar-refractivity contribution in [3.05, 3.63) is 70.1 Å². The number of carbonyl (C=O) groups is 1. The Balaban J connectivity index is 1.76. The first kappa shape index (κ1) is 18.3. The molecule has 0 spiro atoms. The highest BCUT2D eigenvalue weighted by Crippen LogP contribution is 2.44. The summed E-state index contributed by atoms with van der Waals surface area (Å²) in [5.41, 5.74) is 4.38. The normalized spacial score (nSPS) is 24.9. The highest BCUT2D eigenvalue weighted by Gasteiger charge is 2.49. The van der Waals surface area contributed by atoms with E-state index >= 15 is 0 Å². The zero-order valence-corrected chi connectivity index (χ0v) is 16.0. The van der Waals surface area contributed by atoms with Gasteiger partial charge in [0.15, 0.2) is 6.29 Å². The molecule has 0 bridgehead atoms. The summed E-state index contributed by atoms with van der Waals surface area (Å²) in [5, 5.41) is 2.34. The predicted octanol–water partition coefficient (Wildman–Crippen LogP) is 3.80. The lowest BCUT2D eigenvalue weighted by atomic mass is 9.83. The van der Waals surface area contributed by atoms with Gasteiger partial charge in [0.2, 0.25) is 5.91 Å². The first-order valence-corrected chi connectivity index (χ1v) is 9.15. The summed E-state index contributed by atoms with van der Waals surface area (Å²) in [6, 6.07) is 8.66. The number of halogens is 2. The van der Waals surface area contributed by atoms with Crippen molar-refractivity contribution in [1.82, 2.24) is 10.4 Å². The molecule has 6 nitrogen and oxygen atoms in total. The summed E-state index contributed by atoms with van der Waals surface area (Å²) < 4.78 is 11.6. The second-order valence-corrected chi connectivity index (χ2v) is 7.22. The topological polar surface area (TPSA) is 63.7 Å². The third kappa shape index (κ3) is 3.30. The van der Waals surface area contributed by atoms with Crippen molar-refractivity contribution in [3.8, 4) is 0 Å². The van der Waals surface area contributed by atoms with E-state index in [4.69, 9.17) is 32.7 Å². The minimum atomic E-state index is -0.960. The van der Waals surface area contributed by atoms with Crippen LogP contribution in [-0.2, 0) is 19.9 Å². The van der Waals surface area contributed by atoms with Crippen LogP contribution in [0.4, 0.5) is 5.69 Å². The summed E-state index contributed by atoms with van der Waals surface area (Å²) in [7, 11) is 1.59. The number of fused-ring (bicyclic) bond motifs is 1. The fraction of sp³-hybridized carbons (Fsp3) is 0.263. The number of methoxy groups -OCH3 is 1. The number of anilines is 1. The van der Waals surface area contributed by atoms with Crippen LogP contribution in [0.2, 0.25) is 10.0 Å². The molecule has 2 atom stereocenters. The number of hydrogen-bond acceptors (Lipinski definition) is 5. The molecule has 0 saturated carbocycles. The molecular formula is C19H17Cl2N3O3. The monoisotopic (exact) mass is 405 g/mol. The summed E-state index contributed by atoms with van der Waals surface area (Å²) in [5.74, 6) is -0.181. The molecule has 3 heterocycles. The molecule has 8 heteroatoms. The van der Waals surface area contributed by atoms with E-state index in [2.05, 4.69) is 10.4 Å². The van der Waals surface area contributed by atoms with Crippen molar-refractivity contribution in [1.29, 1.82) is 0 Å². The number of benzene rings is 1. The van der Waals surface area contributed by atoms with Gasteiger partial charge in [0, 0.05) is 36.0 Å². The number of carbonyl (C=O) groups excluding carboxylic acids is 1. The van der Waals surface area contributed by atoms with Crippen molar-refractivity contribution in [3.63, 3.8) is 0 Å². The van der Waals surface area contributed by atoms with Crippen LogP contribution in [0.25, 0.3) is 0 Å². The lowest BCUT2D eigenvalue weighted by Gasteiger charge is -2.47. The molecule has 1 aromatic heterocycles. The Hall–Kier alpha value is -2.12. The quantitative estimate of drug-likeness (QED) is 0.840. The average molecular weight is 406 g/mol. The van der Waals surface area contributed by atoms with Gasteiger partial charge in [-0.05, 0) is 35.9 Å². The van der Waals surface area contributed by atoms with E-state index in [1.54, 1.807) is 37.7 Å². The van der Waals surface area contributed by atoms with Crippen LogP contribution in [0.1, 0.15) is 18.4 Å². The molecule has 2 aliphatic rings. The van der Waals surface area contributed by atoms with Gasteiger partial charge < -0.3 is 9.47 Å². The number of pyridine rings is 1. The zero-order valence-electron chi connectivity index (χ0n) is 14.5. The maximum absolute atomic E-state index is 13.1. The fourth-order valence-corrected chi connectivity index (χ4v) is 3.95. The number of nitrogens with zero attached hydrogens (tertiary/aromatic N) is 2. The number of amides is 1. The Morgan fingerprint density at radius 2 is 1.96 bits per heavy atom. The molecule has 4 rings (SSSR count). The van der Waals surface area contributed by atoms with Gasteiger partial charge in [-0.25, -0.2) is 5.01 Å². The van der Waals surface area contributed by atoms with Crippen LogP contribution >= 0.6 is 23.2 Å². The maximum atomic E-state index is 13.1. The van der Waals surface area contributed by atoms with Crippen LogP contribution < -0.4 is 10.4 Å². The Labute approximate surface area is 166 Å². The molecule has 27 heavy (non-hydrogen) atoms. The van der Waals surface area contributed by atoms with Crippen LogP contribution in [0.5, 0.6) is 0 Å². The first-order chi connectivity index (χ1) is 13.0. The predicted molar refractivity (Wildman–Crippen MR) is 102 cm³/mol. The molecule has 1 aromatic carbocycles. The minimum Gasteiger partial charge on any atom is -0.356 e. The Bertz CT molecular complexity index is 886. The van der Waals surface area contributed by atoms with Crippen molar-refractivity contribution >= 4 is 34.8 Å². The summed E-state index contributed by atoms with van der Waals surface area (Å²) in [6.07, 6.45) is 5.56. The van der Waals surface area contributed by atoms with Crippen LogP contribution in [0, 0.1) is 0 Å². The highest BCUT2D eigenvalue weighted by atomic mass is 35.5. The van der Waals surface area contributed by atoms with E-state index < -0.39 is 11.9 Å². The molecular weight excluding hydrogens is 389 g/mol. The first-order valence-electron chi connectivity index (χ1n) is 8.39. The Morgan fingerprint density at radius 1 is 1.26 bits per heavy atom. The zero-order chi connectivity index (χ0) is 19.0. The van der Waals surface area contributed by atoms with Crippen LogP contribution in [0.15, 0.2) is 54.5 Å². The minimum absolute atomic E-state index is 0.0971. The van der Waals surface area contributed by atoms with Crippen molar-refractivity contribution in [2.24, 2.45) is 0 Å². The molecule has 1 saturated heterocycles. The van der Waals surface area contributed by atoms with Crippen molar-refractivity contribution in [2.75, 3.05) is 12.1 Å². The number of nitrogens with one attached hydrogen (secondary N) is 1. The molecule has 0 aliphatic carbocycles. The SMILES string of the molecule is CO[C@@H]1CC=C2NN(c3cc(Cl)cc(Cl)c3)C(=O)C[C@]2(c2ccncc2)O1. The van der Waals surface area contributed by atoms with Gasteiger partial charge in [0.05, 0.1) is 17.8 Å². The van der Waals surface area contributed by atoms with Gasteiger partial charge in [-0.3, -0.25) is 15.2 Å². The van der Waals surface area contributed by atoms with E-state index in [0.29, 0.717) is 22.2 Å². The van der Waals surface area contributed by atoms with Crippen LogP contribution in [0.3, 0.4) is 0 Å². The highest BCUT2D eigenvalue weighted by molar-refractivity contribution is 6.35. The Kier molecular flexibility index (Phi) is 4.82.